The number of ether oxygens (including phenoxy) is 1. The zero-order valence-electron chi connectivity index (χ0n) is 9.88. The molecular weight excluding hydrogens is 192 g/mol. The van der Waals surface area contributed by atoms with Gasteiger partial charge in [-0.05, 0) is 39.0 Å². The molecule has 1 fully saturated rings. The first-order valence-electron chi connectivity index (χ1n) is 5.54. The minimum atomic E-state index is -0.456. The number of hydrogen-bond donors (Lipinski definition) is 2. The maximum absolute atomic E-state index is 11.7. The molecule has 0 radical (unpaired) electrons. The highest BCUT2D eigenvalue weighted by atomic mass is 16.5. The van der Waals surface area contributed by atoms with Gasteiger partial charge in [0.05, 0.1) is 6.04 Å². The van der Waals surface area contributed by atoms with Gasteiger partial charge in [-0.3, -0.25) is 4.79 Å². The van der Waals surface area contributed by atoms with Crippen molar-refractivity contribution in [3.8, 4) is 0 Å². The minimum Gasteiger partial charge on any atom is -0.385 e. The second kappa shape index (κ2) is 4.94. The Bertz CT molecular complexity index is 225. The summed E-state index contributed by atoms with van der Waals surface area (Å²) in [5, 5.41) is 3.01. The Morgan fingerprint density at radius 3 is 2.67 bits per heavy atom. The van der Waals surface area contributed by atoms with Crippen LogP contribution < -0.4 is 11.1 Å². The molecule has 0 aliphatic heterocycles. The van der Waals surface area contributed by atoms with Gasteiger partial charge in [0.2, 0.25) is 5.91 Å². The van der Waals surface area contributed by atoms with Gasteiger partial charge in [0.15, 0.2) is 0 Å². The first-order valence-corrected chi connectivity index (χ1v) is 5.54. The van der Waals surface area contributed by atoms with Gasteiger partial charge in [0, 0.05) is 19.3 Å². The summed E-state index contributed by atoms with van der Waals surface area (Å²) in [6.45, 7) is 4.65. The molecule has 1 saturated carbocycles. The van der Waals surface area contributed by atoms with Crippen molar-refractivity contribution in [3.05, 3.63) is 0 Å². The quantitative estimate of drug-likeness (QED) is 0.682. The Hall–Kier alpha value is -0.610. The fourth-order valence-corrected chi connectivity index (χ4v) is 1.69. The van der Waals surface area contributed by atoms with Gasteiger partial charge in [0.1, 0.15) is 0 Å². The molecule has 0 aromatic carbocycles. The van der Waals surface area contributed by atoms with Gasteiger partial charge in [0.25, 0.3) is 0 Å². The lowest BCUT2D eigenvalue weighted by Gasteiger charge is -2.27. The van der Waals surface area contributed by atoms with E-state index < -0.39 is 6.04 Å². The Balaban J connectivity index is 2.33. The Labute approximate surface area is 91.5 Å². The van der Waals surface area contributed by atoms with Gasteiger partial charge in [-0.15, -0.1) is 0 Å². The van der Waals surface area contributed by atoms with Crippen molar-refractivity contribution in [2.24, 2.45) is 11.7 Å². The van der Waals surface area contributed by atoms with E-state index in [2.05, 4.69) is 19.2 Å². The summed E-state index contributed by atoms with van der Waals surface area (Å²) in [6.07, 6.45) is 2.99. The van der Waals surface area contributed by atoms with Crippen molar-refractivity contribution in [1.82, 2.24) is 5.32 Å². The first-order chi connectivity index (χ1) is 6.97. The van der Waals surface area contributed by atoms with Crippen molar-refractivity contribution >= 4 is 5.91 Å². The smallest absolute Gasteiger partial charge is 0.237 e. The van der Waals surface area contributed by atoms with Crippen LogP contribution in [0.1, 0.15) is 33.1 Å². The van der Waals surface area contributed by atoms with Crippen molar-refractivity contribution in [2.75, 3.05) is 13.7 Å². The maximum Gasteiger partial charge on any atom is 0.237 e. The molecule has 1 aliphatic rings. The van der Waals surface area contributed by atoms with E-state index >= 15 is 0 Å². The molecule has 1 unspecified atom stereocenters. The maximum atomic E-state index is 11.7. The molecule has 0 spiro atoms. The Morgan fingerprint density at radius 2 is 2.20 bits per heavy atom. The number of methoxy groups -OCH3 is 1. The molecule has 1 atom stereocenters. The normalized spacial score (nSPS) is 18.7. The first kappa shape index (κ1) is 12.5. The highest BCUT2D eigenvalue weighted by molar-refractivity contribution is 5.82. The van der Waals surface area contributed by atoms with E-state index in [1.165, 1.54) is 12.8 Å². The summed E-state index contributed by atoms with van der Waals surface area (Å²) in [6, 6.07) is -0.456. The zero-order valence-corrected chi connectivity index (χ0v) is 9.88. The number of nitrogens with two attached hydrogens (primary N) is 1. The summed E-state index contributed by atoms with van der Waals surface area (Å²) in [4.78, 5) is 11.7. The highest BCUT2D eigenvalue weighted by Crippen LogP contribution is 2.39. The van der Waals surface area contributed by atoms with Gasteiger partial charge >= 0.3 is 0 Å². The van der Waals surface area contributed by atoms with E-state index in [0.717, 1.165) is 0 Å². The van der Waals surface area contributed by atoms with Crippen LogP contribution in [0.25, 0.3) is 0 Å². The molecule has 15 heavy (non-hydrogen) atoms. The average molecular weight is 214 g/mol. The molecule has 1 rings (SSSR count). The predicted molar refractivity (Wildman–Crippen MR) is 59.4 cm³/mol. The van der Waals surface area contributed by atoms with Crippen molar-refractivity contribution < 1.29 is 9.53 Å². The van der Waals surface area contributed by atoms with Crippen LogP contribution in [0.15, 0.2) is 0 Å². The molecule has 4 heteroatoms. The summed E-state index contributed by atoms with van der Waals surface area (Å²) in [5.74, 6) is 0.556. The van der Waals surface area contributed by atoms with Gasteiger partial charge in [-0.2, -0.15) is 0 Å². The minimum absolute atomic E-state index is 0.0658. The lowest BCUT2D eigenvalue weighted by atomic mass is 9.98. The molecular formula is C11H22N2O2. The van der Waals surface area contributed by atoms with Crippen LogP contribution in [0.4, 0.5) is 0 Å². The third-order valence-corrected chi connectivity index (χ3v) is 3.01. The van der Waals surface area contributed by atoms with E-state index in [1.807, 2.05) is 0 Å². The van der Waals surface area contributed by atoms with Crippen molar-refractivity contribution in [3.63, 3.8) is 0 Å². The number of rotatable bonds is 6. The van der Waals surface area contributed by atoms with E-state index in [-0.39, 0.29) is 11.4 Å². The lowest BCUT2D eigenvalue weighted by molar-refractivity contribution is -0.124. The van der Waals surface area contributed by atoms with Crippen LogP contribution >= 0.6 is 0 Å². The molecule has 88 valence electrons. The van der Waals surface area contributed by atoms with Gasteiger partial charge in [-0.25, -0.2) is 0 Å². The lowest BCUT2D eigenvalue weighted by Crippen LogP contribution is -2.51. The molecule has 0 bridgehead atoms. The Morgan fingerprint density at radius 1 is 1.60 bits per heavy atom. The largest absolute Gasteiger partial charge is 0.385 e. The van der Waals surface area contributed by atoms with Crippen LogP contribution in [0.3, 0.4) is 0 Å². The van der Waals surface area contributed by atoms with Crippen molar-refractivity contribution in [2.45, 2.75) is 44.7 Å². The molecule has 0 heterocycles. The fraction of sp³-hybridized carbons (Fsp3) is 0.909. The monoisotopic (exact) mass is 214 g/mol. The van der Waals surface area contributed by atoms with Crippen LogP contribution in [-0.4, -0.2) is 31.2 Å². The third kappa shape index (κ3) is 3.80. The summed E-state index contributed by atoms with van der Waals surface area (Å²) < 4.78 is 4.89. The highest BCUT2D eigenvalue weighted by Gasteiger charge is 2.39. The number of nitrogens with one attached hydrogen (secondary N) is 1. The van der Waals surface area contributed by atoms with E-state index in [9.17, 15) is 4.79 Å². The van der Waals surface area contributed by atoms with Crippen molar-refractivity contribution in [1.29, 1.82) is 0 Å². The van der Waals surface area contributed by atoms with Gasteiger partial charge in [-0.1, -0.05) is 0 Å². The molecule has 0 aromatic rings. The number of hydrogen-bond acceptors (Lipinski definition) is 3. The van der Waals surface area contributed by atoms with E-state index in [4.69, 9.17) is 10.5 Å². The number of carbonyl (C=O) groups excluding carboxylic acids is 1. The summed E-state index contributed by atoms with van der Waals surface area (Å²) >= 11 is 0. The standard InChI is InChI=1S/C11H22N2O2/c1-11(2,8-4-5-8)13-10(14)9(12)6-7-15-3/h8-9H,4-7,12H2,1-3H3,(H,13,14). The third-order valence-electron chi connectivity index (χ3n) is 3.01. The van der Waals surface area contributed by atoms with Crippen LogP contribution in [0.5, 0.6) is 0 Å². The molecule has 3 N–H and O–H groups in total. The van der Waals surface area contributed by atoms with Gasteiger partial charge < -0.3 is 15.8 Å². The summed E-state index contributed by atoms with van der Waals surface area (Å²) in [5.41, 5.74) is 5.63. The topological polar surface area (TPSA) is 64.3 Å². The zero-order chi connectivity index (χ0) is 11.5. The van der Waals surface area contributed by atoms with Crippen LogP contribution in [0, 0.1) is 5.92 Å². The molecule has 0 saturated heterocycles. The second-order valence-electron chi connectivity index (χ2n) is 4.87. The second-order valence-corrected chi connectivity index (χ2v) is 4.87. The molecule has 1 amide bonds. The SMILES string of the molecule is COCCC(N)C(=O)NC(C)(C)C1CC1. The Kier molecular flexibility index (Phi) is 4.11. The predicted octanol–water partition coefficient (Wildman–Crippen LogP) is 0.655. The average Bonchev–Trinajstić information content (AvgIpc) is 2.96. The van der Waals surface area contributed by atoms with E-state index in [0.29, 0.717) is 18.9 Å². The number of carbonyl (C=O) groups is 1. The molecule has 0 aromatic heterocycles. The molecule has 4 nitrogen and oxygen atoms in total. The van der Waals surface area contributed by atoms with Crippen LogP contribution in [-0.2, 0) is 9.53 Å². The van der Waals surface area contributed by atoms with Crippen LogP contribution in [0.2, 0.25) is 0 Å². The van der Waals surface area contributed by atoms with E-state index in [1.54, 1.807) is 7.11 Å². The fourth-order valence-electron chi connectivity index (χ4n) is 1.69. The summed E-state index contributed by atoms with van der Waals surface area (Å²) in [7, 11) is 1.61. The number of amides is 1. The molecule has 1 aliphatic carbocycles.